The molecule has 0 amide bonds. The summed E-state index contributed by atoms with van der Waals surface area (Å²) < 4.78 is 22.9. The topological polar surface area (TPSA) is 63.4 Å². The van der Waals surface area contributed by atoms with Crippen molar-refractivity contribution in [3.8, 4) is 0 Å². The minimum absolute atomic E-state index is 0.269. The molecule has 100 valence electrons. The van der Waals surface area contributed by atoms with Crippen molar-refractivity contribution in [1.29, 1.82) is 0 Å². The molecule has 2 unspecified atom stereocenters. The lowest BCUT2D eigenvalue weighted by Gasteiger charge is -2.37. The van der Waals surface area contributed by atoms with Crippen LogP contribution in [-0.4, -0.2) is 49.5 Å². The van der Waals surface area contributed by atoms with E-state index in [1.165, 1.54) is 12.8 Å². The molecule has 17 heavy (non-hydrogen) atoms. The van der Waals surface area contributed by atoms with E-state index in [1.807, 2.05) is 0 Å². The third kappa shape index (κ3) is 3.20. The van der Waals surface area contributed by atoms with E-state index in [0.717, 1.165) is 25.8 Å². The predicted octanol–water partition coefficient (Wildman–Crippen LogP) is 0.765. The third-order valence-electron chi connectivity index (χ3n) is 4.23. The van der Waals surface area contributed by atoms with Gasteiger partial charge in [0.15, 0.2) is 0 Å². The molecule has 2 aliphatic heterocycles. The second-order valence-electron chi connectivity index (χ2n) is 5.44. The van der Waals surface area contributed by atoms with E-state index in [0.29, 0.717) is 23.9 Å². The minimum Gasteiger partial charge on any atom is -0.328 e. The number of fused-ring (bicyclic) bond motifs is 2. The molecule has 4 nitrogen and oxygen atoms in total. The van der Waals surface area contributed by atoms with Crippen molar-refractivity contribution in [3.63, 3.8) is 0 Å². The standard InChI is InChI=1S/C12H24N2O2S/c1-2-17(15,16)7-3-6-14-11-4-5-12(14)9-10(13)8-11/h10-12H,2-9,13H2,1H3. The average molecular weight is 260 g/mol. The Hall–Kier alpha value is -0.130. The van der Waals surface area contributed by atoms with Crippen molar-refractivity contribution in [2.45, 2.75) is 57.2 Å². The number of rotatable bonds is 5. The second kappa shape index (κ2) is 5.24. The first kappa shape index (κ1) is 13.3. The van der Waals surface area contributed by atoms with E-state index in [2.05, 4.69) is 4.90 Å². The van der Waals surface area contributed by atoms with Crippen molar-refractivity contribution in [3.05, 3.63) is 0 Å². The van der Waals surface area contributed by atoms with Crippen LogP contribution in [0.4, 0.5) is 0 Å². The lowest BCUT2D eigenvalue weighted by molar-refractivity contribution is 0.128. The van der Waals surface area contributed by atoms with Gasteiger partial charge in [-0.2, -0.15) is 0 Å². The molecular formula is C12H24N2O2S. The summed E-state index contributed by atoms with van der Waals surface area (Å²) in [5.74, 6) is 0.607. The van der Waals surface area contributed by atoms with Gasteiger partial charge in [-0.1, -0.05) is 6.92 Å². The lowest BCUT2D eigenvalue weighted by Crippen LogP contribution is -2.47. The molecule has 0 aromatic rings. The van der Waals surface area contributed by atoms with Gasteiger partial charge in [0.1, 0.15) is 9.84 Å². The number of nitrogens with zero attached hydrogens (tertiary/aromatic N) is 1. The Labute approximate surface area is 104 Å². The normalized spacial score (nSPS) is 34.1. The molecule has 0 aromatic carbocycles. The summed E-state index contributed by atoms with van der Waals surface area (Å²) in [4.78, 5) is 2.51. The van der Waals surface area contributed by atoms with Crippen LogP contribution in [0.5, 0.6) is 0 Å². The maximum atomic E-state index is 11.4. The van der Waals surface area contributed by atoms with Gasteiger partial charge in [0.25, 0.3) is 0 Å². The zero-order valence-electron chi connectivity index (χ0n) is 10.6. The molecule has 2 aliphatic rings. The first-order valence-electron chi connectivity index (χ1n) is 6.73. The van der Waals surface area contributed by atoms with Gasteiger partial charge in [-0.15, -0.1) is 0 Å². The van der Waals surface area contributed by atoms with Crippen molar-refractivity contribution in [2.24, 2.45) is 5.73 Å². The molecule has 2 rings (SSSR count). The van der Waals surface area contributed by atoms with Crippen molar-refractivity contribution >= 4 is 9.84 Å². The van der Waals surface area contributed by atoms with Crippen LogP contribution in [0.3, 0.4) is 0 Å². The van der Waals surface area contributed by atoms with E-state index < -0.39 is 9.84 Å². The molecule has 0 saturated carbocycles. The summed E-state index contributed by atoms with van der Waals surface area (Å²) in [6.07, 6.45) is 5.46. The Morgan fingerprint density at radius 1 is 1.24 bits per heavy atom. The second-order valence-corrected chi connectivity index (χ2v) is 7.92. The Kier molecular flexibility index (Phi) is 4.10. The quantitative estimate of drug-likeness (QED) is 0.793. The molecule has 0 radical (unpaired) electrons. The smallest absolute Gasteiger partial charge is 0.150 e. The third-order valence-corrected chi connectivity index (χ3v) is 6.02. The summed E-state index contributed by atoms with van der Waals surface area (Å²) in [7, 11) is -2.80. The van der Waals surface area contributed by atoms with Crippen molar-refractivity contribution in [2.75, 3.05) is 18.1 Å². The SMILES string of the molecule is CCS(=O)(=O)CCCN1C2CCC1CC(N)C2. The van der Waals surface area contributed by atoms with Crippen molar-refractivity contribution in [1.82, 2.24) is 4.90 Å². The summed E-state index contributed by atoms with van der Waals surface area (Å²) in [6.45, 7) is 2.65. The number of hydrogen-bond donors (Lipinski definition) is 1. The number of nitrogens with two attached hydrogens (primary N) is 1. The highest BCUT2D eigenvalue weighted by Crippen LogP contribution is 2.34. The summed E-state index contributed by atoms with van der Waals surface area (Å²) >= 11 is 0. The summed E-state index contributed by atoms with van der Waals surface area (Å²) in [6, 6.07) is 1.60. The maximum absolute atomic E-state index is 11.4. The largest absolute Gasteiger partial charge is 0.328 e. The van der Waals surface area contributed by atoms with Crippen molar-refractivity contribution < 1.29 is 8.42 Å². The fraction of sp³-hybridized carbons (Fsp3) is 1.00. The van der Waals surface area contributed by atoms with E-state index >= 15 is 0 Å². The van der Waals surface area contributed by atoms with Crippen LogP contribution in [0.25, 0.3) is 0 Å². The highest BCUT2D eigenvalue weighted by molar-refractivity contribution is 7.91. The number of hydrogen-bond acceptors (Lipinski definition) is 4. The summed E-state index contributed by atoms with van der Waals surface area (Å²) in [5, 5.41) is 0. The molecular weight excluding hydrogens is 236 g/mol. The van der Waals surface area contributed by atoms with E-state index in [1.54, 1.807) is 6.92 Å². The molecule has 2 heterocycles. The van der Waals surface area contributed by atoms with Gasteiger partial charge in [-0.25, -0.2) is 8.42 Å². The molecule has 0 aliphatic carbocycles. The first-order valence-corrected chi connectivity index (χ1v) is 8.55. The fourth-order valence-corrected chi connectivity index (χ4v) is 4.15. The Balaban J connectivity index is 1.81. The fourth-order valence-electron chi connectivity index (χ4n) is 3.29. The zero-order chi connectivity index (χ0) is 12.5. The van der Waals surface area contributed by atoms with E-state index in [9.17, 15) is 8.42 Å². The average Bonchev–Trinajstić information content (AvgIpc) is 2.52. The van der Waals surface area contributed by atoms with Gasteiger partial charge >= 0.3 is 0 Å². The maximum Gasteiger partial charge on any atom is 0.150 e. The minimum atomic E-state index is -2.80. The summed E-state index contributed by atoms with van der Waals surface area (Å²) in [5.41, 5.74) is 6.01. The molecule has 0 spiro atoms. The van der Waals surface area contributed by atoms with E-state index in [-0.39, 0.29) is 5.75 Å². The number of piperidine rings is 1. The monoisotopic (exact) mass is 260 g/mol. The highest BCUT2D eigenvalue weighted by Gasteiger charge is 2.38. The Morgan fingerprint density at radius 2 is 1.82 bits per heavy atom. The molecule has 0 aromatic heterocycles. The van der Waals surface area contributed by atoms with Gasteiger partial charge in [-0.05, 0) is 38.6 Å². The van der Waals surface area contributed by atoms with Crippen LogP contribution in [0, 0.1) is 0 Å². The van der Waals surface area contributed by atoms with Gasteiger partial charge in [0, 0.05) is 23.9 Å². The Morgan fingerprint density at radius 3 is 2.35 bits per heavy atom. The van der Waals surface area contributed by atoms with Crippen LogP contribution in [0.15, 0.2) is 0 Å². The van der Waals surface area contributed by atoms with Crippen LogP contribution >= 0.6 is 0 Å². The zero-order valence-corrected chi connectivity index (χ0v) is 11.5. The van der Waals surface area contributed by atoms with Gasteiger partial charge in [0.2, 0.25) is 0 Å². The lowest BCUT2D eigenvalue weighted by atomic mass is 9.98. The molecule has 2 N–H and O–H groups in total. The van der Waals surface area contributed by atoms with E-state index in [4.69, 9.17) is 5.73 Å². The molecule has 2 bridgehead atoms. The highest BCUT2D eigenvalue weighted by atomic mass is 32.2. The Bertz CT molecular complexity index is 342. The van der Waals surface area contributed by atoms with Gasteiger partial charge in [-0.3, -0.25) is 4.90 Å². The first-order chi connectivity index (χ1) is 8.02. The van der Waals surface area contributed by atoms with Crippen LogP contribution in [-0.2, 0) is 9.84 Å². The molecule has 2 fully saturated rings. The molecule has 2 saturated heterocycles. The van der Waals surface area contributed by atoms with Crippen LogP contribution in [0.2, 0.25) is 0 Å². The predicted molar refractivity (Wildman–Crippen MR) is 69.7 cm³/mol. The van der Waals surface area contributed by atoms with Crippen LogP contribution in [0.1, 0.15) is 39.0 Å². The van der Waals surface area contributed by atoms with Gasteiger partial charge in [0.05, 0.1) is 5.75 Å². The molecule has 2 atom stereocenters. The number of sulfone groups is 1. The van der Waals surface area contributed by atoms with Gasteiger partial charge < -0.3 is 5.73 Å². The molecule has 5 heteroatoms. The van der Waals surface area contributed by atoms with Crippen LogP contribution < -0.4 is 5.73 Å².